The summed E-state index contributed by atoms with van der Waals surface area (Å²) in [6, 6.07) is 1.58. The van der Waals surface area contributed by atoms with Crippen molar-refractivity contribution in [1.29, 1.82) is 0 Å². The highest BCUT2D eigenvalue weighted by molar-refractivity contribution is 6.43. The Morgan fingerprint density at radius 2 is 1.95 bits per heavy atom. The maximum absolute atomic E-state index is 10.2. The lowest BCUT2D eigenvalue weighted by atomic mass is 10.0. The number of halogens is 4. The van der Waals surface area contributed by atoms with Crippen LogP contribution in [0.15, 0.2) is 6.07 Å². The number of aromatic amines is 1. The molecule has 1 saturated heterocycles. The smallest absolute Gasteiger partial charge is 0.201 e. The summed E-state index contributed by atoms with van der Waals surface area (Å²) in [7, 11) is 0. The summed E-state index contributed by atoms with van der Waals surface area (Å²) >= 11 is 23.9. The number of H-pyrrole nitrogens is 1. The topological polar surface area (TPSA) is 78.4 Å². The SMILES string of the molecule is O[C@@H]1[C@H](O)[C@@H](CCl)O[C@H]1c1c(Cl)c(Cl)cc2[nH]c(Cl)nc12. The standard InChI is InChI=1S/C12H10Cl4N2O3/c13-2-5-9(19)10(20)11(21-5)6-7(15)3(14)1-4-8(6)18-12(16)17-4/h1,5,9-11,19-20H,2H2,(H,17,18)/t5-,9-,10-,11+/m1/s1. The van der Waals surface area contributed by atoms with Crippen LogP contribution in [-0.4, -0.2) is 44.4 Å². The zero-order valence-electron chi connectivity index (χ0n) is 10.4. The fraction of sp³-hybridized carbons (Fsp3) is 0.417. The largest absolute Gasteiger partial charge is 0.388 e. The Morgan fingerprint density at radius 3 is 2.57 bits per heavy atom. The normalized spacial score (nSPS) is 29.4. The molecule has 0 aliphatic carbocycles. The number of aromatic nitrogens is 2. The molecule has 5 nitrogen and oxygen atoms in total. The van der Waals surface area contributed by atoms with Gasteiger partial charge in [0.05, 0.1) is 27.0 Å². The predicted molar refractivity (Wildman–Crippen MR) is 81.5 cm³/mol. The van der Waals surface area contributed by atoms with Gasteiger partial charge in [0.1, 0.15) is 24.4 Å². The van der Waals surface area contributed by atoms with Crippen molar-refractivity contribution < 1.29 is 14.9 Å². The summed E-state index contributed by atoms with van der Waals surface area (Å²) < 4.78 is 5.60. The van der Waals surface area contributed by atoms with Crippen molar-refractivity contribution >= 4 is 57.4 Å². The molecule has 1 fully saturated rings. The van der Waals surface area contributed by atoms with E-state index in [2.05, 4.69) is 9.97 Å². The van der Waals surface area contributed by atoms with Gasteiger partial charge >= 0.3 is 0 Å². The molecule has 0 bridgehead atoms. The second kappa shape index (κ2) is 5.74. The van der Waals surface area contributed by atoms with Crippen LogP contribution >= 0.6 is 46.4 Å². The van der Waals surface area contributed by atoms with Crippen molar-refractivity contribution in [2.75, 3.05) is 5.88 Å². The Morgan fingerprint density at radius 1 is 1.24 bits per heavy atom. The lowest BCUT2D eigenvalue weighted by Gasteiger charge is -2.17. The molecule has 9 heteroatoms. The first-order chi connectivity index (χ1) is 9.93. The average molecular weight is 372 g/mol. The molecule has 3 rings (SSSR count). The van der Waals surface area contributed by atoms with Crippen molar-refractivity contribution in [3.05, 3.63) is 27.0 Å². The molecule has 21 heavy (non-hydrogen) atoms. The van der Waals surface area contributed by atoms with E-state index in [1.165, 1.54) is 0 Å². The third kappa shape index (κ3) is 2.51. The van der Waals surface area contributed by atoms with Crippen LogP contribution in [0.2, 0.25) is 15.3 Å². The van der Waals surface area contributed by atoms with Gasteiger partial charge in [-0.1, -0.05) is 23.2 Å². The highest BCUT2D eigenvalue weighted by Gasteiger charge is 2.44. The fourth-order valence-electron chi connectivity index (χ4n) is 2.46. The summed E-state index contributed by atoms with van der Waals surface area (Å²) in [5.41, 5.74) is 1.37. The molecular formula is C12H10Cl4N2O3. The molecular weight excluding hydrogens is 362 g/mol. The van der Waals surface area contributed by atoms with E-state index in [1.54, 1.807) is 6.07 Å². The molecule has 2 aromatic rings. The summed E-state index contributed by atoms with van der Waals surface area (Å²) in [5.74, 6) is 0.0391. The number of imidazole rings is 1. The molecule has 4 atom stereocenters. The highest BCUT2D eigenvalue weighted by Crippen LogP contribution is 2.43. The minimum atomic E-state index is -1.19. The Hall–Kier alpha value is -0.270. The third-order valence-corrected chi connectivity index (χ3v) is 4.76. The molecule has 114 valence electrons. The number of alkyl halides is 1. The molecule has 0 spiro atoms. The Labute approximate surface area is 139 Å². The molecule has 1 aromatic heterocycles. The third-order valence-electron chi connectivity index (χ3n) is 3.47. The van der Waals surface area contributed by atoms with Crippen molar-refractivity contribution in [2.45, 2.75) is 24.4 Å². The number of aliphatic hydroxyl groups is 2. The van der Waals surface area contributed by atoms with Crippen LogP contribution in [0.4, 0.5) is 0 Å². The number of nitrogens with zero attached hydrogens (tertiary/aromatic N) is 1. The number of benzene rings is 1. The molecule has 1 aromatic carbocycles. The first kappa shape index (κ1) is 15.6. The van der Waals surface area contributed by atoms with Crippen LogP contribution in [0.1, 0.15) is 11.7 Å². The monoisotopic (exact) mass is 370 g/mol. The predicted octanol–water partition coefficient (Wildman–Crippen LogP) is 2.92. The van der Waals surface area contributed by atoms with Gasteiger partial charge in [0, 0.05) is 5.56 Å². The van der Waals surface area contributed by atoms with Crippen LogP contribution in [0, 0.1) is 0 Å². The second-order valence-electron chi connectivity index (χ2n) is 4.74. The zero-order chi connectivity index (χ0) is 15.3. The van der Waals surface area contributed by atoms with Crippen LogP contribution in [-0.2, 0) is 4.74 Å². The minimum Gasteiger partial charge on any atom is -0.388 e. The van der Waals surface area contributed by atoms with E-state index in [1.807, 2.05) is 0 Å². The van der Waals surface area contributed by atoms with Gasteiger partial charge in [0.15, 0.2) is 0 Å². The van der Waals surface area contributed by atoms with Gasteiger partial charge in [-0.15, -0.1) is 11.6 Å². The van der Waals surface area contributed by atoms with Crippen molar-refractivity contribution in [2.24, 2.45) is 0 Å². The van der Waals surface area contributed by atoms with Crippen LogP contribution in [0.3, 0.4) is 0 Å². The van der Waals surface area contributed by atoms with Crippen LogP contribution in [0.25, 0.3) is 11.0 Å². The number of hydrogen-bond acceptors (Lipinski definition) is 4. The number of nitrogens with one attached hydrogen (secondary N) is 1. The van der Waals surface area contributed by atoms with Crippen molar-refractivity contribution in [3.8, 4) is 0 Å². The maximum atomic E-state index is 10.2. The van der Waals surface area contributed by atoms with Gasteiger partial charge in [-0.05, 0) is 17.7 Å². The van der Waals surface area contributed by atoms with E-state index in [0.717, 1.165) is 0 Å². The fourth-order valence-corrected chi connectivity index (χ4v) is 3.37. The lowest BCUT2D eigenvalue weighted by Crippen LogP contribution is -2.31. The molecule has 1 aliphatic rings. The Kier molecular flexibility index (Phi) is 4.27. The Bertz CT molecular complexity index is 693. The summed E-state index contributed by atoms with van der Waals surface area (Å²) in [4.78, 5) is 6.96. The quantitative estimate of drug-likeness (QED) is 0.709. The molecule has 0 amide bonds. The first-order valence-corrected chi connectivity index (χ1v) is 7.71. The van der Waals surface area contributed by atoms with E-state index in [9.17, 15) is 10.2 Å². The second-order valence-corrected chi connectivity index (χ2v) is 6.19. The van der Waals surface area contributed by atoms with Gasteiger partial charge < -0.3 is 19.9 Å². The zero-order valence-corrected chi connectivity index (χ0v) is 13.4. The summed E-state index contributed by atoms with van der Waals surface area (Å²) in [6.07, 6.45) is -3.90. The summed E-state index contributed by atoms with van der Waals surface area (Å²) in [5, 5.41) is 20.7. The maximum Gasteiger partial charge on any atom is 0.201 e. The minimum absolute atomic E-state index is 0.0391. The van der Waals surface area contributed by atoms with Gasteiger partial charge in [-0.3, -0.25) is 0 Å². The van der Waals surface area contributed by atoms with Crippen LogP contribution < -0.4 is 0 Å². The van der Waals surface area contributed by atoms with Gasteiger partial charge in [-0.25, -0.2) is 4.98 Å². The van der Waals surface area contributed by atoms with Gasteiger partial charge in [0.2, 0.25) is 5.28 Å². The molecule has 1 aliphatic heterocycles. The van der Waals surface area contributed by atoms with Crippen molar-refractivity contribution in [1.82, 2.24) is 9.97 Å². The van der Waals surface area contributed by atoms with Crippen molar-refractivity contribution in [3.63, 3.8) is 0 Å². The van der Waals surface area contributed by atoms with Gasteiger partial charge in [0.25, 0.3) is 0 Å². The van der Waals surface area contributed by atoms with Crippen LogP contribution in [0.5, 0.6) is 0 Å². The molecule has 0 saturated carbocycles. The summed E-state index contributed by atoms with van der Waals surface area (Å²) in [6.45, 7) is 0. The lowest BCUT2D eigenvalue weighted by molar-refractivity contribution is 0.0170. The van der Waals surface area contributed by atoms with E-state index < -0.39 is 24.4 Å². The molecule has 0 unspecified atom stereocenters. The van der Waals surface area contributed by atoms with E-state index in [4.69, 9.17) is 51.1 Å². The molecule has 0 radical (unpaired) electrons. The Balaban J connectivity index is 2.18. The van der Waals surface area contributed by atoms with Gasteiger partial charge in [-0.2, -0.15) is 0 Å². The van der Waals surface area contributed by atoms with E-state index >= 15 is 0 Å². The molecule has 2 heterocycles. The highest BCUT2D eigenvalue weighted by atomic mass is 35.5. The molecule has 3 N–H and O–H groups in total. The number of hydrogen-bond donors (Lipinski definition) is 3. The van der Waals surface area contributed by atoms with E-state index in [0.29, 0.717) is 16.6 Å². The first-order valence-electron chi connectivity index (χ1n) is 6.04. The number of fused-ring (bicyclic) bond motifs is 1. The number of ether oxygens (including phenoxy) is 1. The van der Waals surface area contributed by atoms with E-state index in [-0.39, 0.29) is 21.2 Å². The number of aliphatic hydroxyl groups excluding tert-OH is 2. The number of rotatable bonds is 2. The average Bonchev–Trinajstić information content (AvgIpc) is 2.93.